The van der Waals surface area contributed by atoms with E-state index in [1.807, 2.05) is 29.2 Å². The highest BCUT2D eigenvalue weighted by molar-refractivity contribution is 5.93. The van der Waals surface area contributed by atoms with Gasteiger partial charge in [0, 0.05) is 50.7 Å². The van der Waals surface area contributed by atoms with Gasteiger partial charge in [-0.25, -0.2) is 4.99 Å². The number of carbonyl (C=O) groups is 1. The van der Waals surface area contributed by atoms with E-state index in [1.165, 1.54) is 0 Å². The molecular formula is C21H29N5O. The van der Waals surface area contributed by atoms with E-state index in [2.05, 4.69) is 51.6 Å². The van der Waals surface area contributed by atoms with Crippen LogP contribution in [0.2, 0.25) is 0 Å². The van der Waals surface area contributed by atoms with Gasteiger partial charge in [0.15, 0.2) is 5.96 Å². The molecule has 6 heteroatoms. The van der Waals surface area contributed by atoms with Crippen LogP contribution in [-0.4, -0.2) is 36.1 Å². The van der Waals surface area contributed by atoms with Crippen LogP contribution in [0.5, 0.6) is 0 Å². The highest BCUT2D eigenvalue weighted by atomic mass is 16.2. The normalized spacial score (nSPS) is 15.1. The van der Waals surface area contributed by atoms with Crippen molar-refractivity contribution in [3.8, 4) is 0 Å². The molecule has 6 nitrogen and oxygen atoms in total. The Morgan fingerprint density at radius 2 is 1.89 bits per heavy atom. The lowest BCUT2D eigenvalue weighted by atomic mass is 10.1. The molecule has 2 heterocycles. The first-order valence-corrected chi connectivity index (χ1v) is 9.78. The molecule has 1 aliphatic heterocycles. The zero-order valence-electron chi connectivity index (χ0n) is 16.0. The van der Waals surface area contributed by atoms with Gasteiger partial charge in [-0.3, -0.25) is 4.79 Å². The smallest absolute Gasteiger partial charge is 0.226 e. The first-order valence-electron chi connectivity index (χ1n) is 9.78. The zero-order valence-corrected chi connectivity index (χ0v) is 16.0. The van der Waals surface area contributed by atoms with E-state index < -0.39 is 0 Å². The van der Waals surface area contributed by atoms with Gasteiger partial charge in [-0.1, -0.05) is 12.1 Å². The Bertz CT molecular complexity index is 736. The summed E-state index contributed by atoms with van der Waals surface area (Å²) in [6.45, 7) is 6.03. The number of nitrogens with zero attached hydrogens (tertiary/aromatic N) is 3. The van der Waals surface area contributed by atoms with Gasteiger partial charge in [-0.15, -0.1) is 0 Å². The number of guanidine groups is 1. The van der Waals surface area contributed by atoms with Crippen LogP contribution < -0.4 is 15.5 Å². The van der Waals surface area contributed by atoms with Gasteiger partial charge >= 0.3 is 0 Å². The summed E-state index contributed by atoms with van der Waals surface area (Å²) >= 11 is 0. The summed E-state index contributed by atoms with van der Waals surface area (Å²) in [5, 5.41) is 6.64. The molecule has 0 aliphatic carbocycles. The fourth-order valence-corrected chi connectivity index (χ4v) is 3.19. The molecule has 1 aromatic heterocycles. The number of rotatable bonds is 7. The molecule has 1 saturated heterocycles. The number of hydrogen-bond donors (Lipinski definition) is 2. The topological polar surface area (TPSA) is 61.7 Å². The minimum atomic E-state index is 0.230. The average Bonchev–Trinajstić information content (AvgIpc) is 3.20. The Morgan fingerprint density at radius 1 is 1.11 bits per heavy atom. The van der Waals surface area contributed by atoms with Crippen LogP contribution >= 0.6 is 0 Å². The zero-order chi connectivity index (χ0) is 18.9. The number of amides is 1. The molecule has 0 saturated carbocycles. The van der Waals surface area contributed by atoms with Gasteiger partial charge in [0.2, 0.25) is 5.91 Å². The Hall–Kier alpha value is -2.76. The van der Waals surface area contributed by atoms with E-state index in [-0.39, 0.29) is 5.91 Å². The lowest BCUT2D eigenvalue weighted by Crippen LogP contribution is -2.38. The summed E-state index contributed by atoms with van der Waals surface area (Å²) in [6.07, 6.45) is 6.86. The molecule has 0 spiro atoms. The van der Waals surface area contributed by atoms with Crippen LogP contribution in [0.4, 0.5) is 5.69 Å². The van der Waals surface area contributed by atoms with Gasteiger partial charge in [0.1, 0.15) is 0 Å². The highest BCUT2D eigenvalue weighted by Gasteiger charge is 2.19. The maximum atomic E-state index is 12.0. The molecule has 0 bridgehead atoms. The Balaban J connectivity index is 1.54. The van der Waals surface area contributed by atoms with Crippen LogP contribution in [-0.2, 0) is 17.9 Å². The molecule has 1 fully saturated rings. The van der Waals surface area contributed by atoms with Crippen LogP contribution in [0.25, 0.3) is 0 Å². The lowest BCUT2D eigenvalue weighted by Gasteiger charge is -2.26. The molecule has 1 amide bonds. The molecule has 27 heavy (non-hydrogen) atoms. The molecule has 0 unspecified atom stereocenters. The second-order valence-corrected chi connectivity index (χ2v) is 6.71. The minimum absolute atomic E-state index is 0.230. The summed E-state index contributed by atoms with van der Waals surface area (Å²) in [6, 6.07) is 12.2. The first kappa shape index (κ1) is 19.0. The number of aromatic nitrogens is 1. The Morgan fingerprint density at radius 3 is 2.59 bits per heavy atom. The fourth-order valence-electron chi connectivity index (χ4n) is 3.19. The predicted octanol–water partition coefficient (Wildman–Crippen LogP) is 2.76. The first-order chi connectivity index (χ1) is 13.3. The molecule has 2 aromatic rings. The van der Waals surface area contributed by atoms with Crippen LogP contribution in [0, 0.1) is 0 Å². The second kappa shape index (κ2) is 9.80. The predicted molar refractivity (Wildman–Crippen MR) is 110 cm³/mol. The Kier molecular flexibility index (Phi) is 6.90. The summed E-state index contributed by atoms with van der Waals surface area (Å²) in [4.78, 5) is 18.6. The number of aliphatic imine (C=N–C) groups is 1. The second-order valence-electron chi connectivity index (χ2n) is 6.71. The molecule has 0 atom stereocenters. The summed E-state index contributed by atoms with van der Waals surface area (Å²) in [7, 11) is 0. The molecular weight excluding hydrogens is 338 g/mol. The van der Waals surface area contributed by atoms with Gasteiger partial charge < -0.3 is 20.1 Å². The number of piperidine rings is 1. The fraction of sp³-hybridized carbons (Fsp3) is 0.429. The third-order valence-electron chi connectivity index (χ3n) is 4.66. The van der Waals surface area contributed by atoms with Gasteiger partial charge in [0.25, 0.3) is 0 Å². The van der Waals surface area contributed by atoms with E-state index >= 15 is 0 Å². The number of anilines is 1. The number of hydrogen-bond acceptors (Lipinski definition) is 2. The van der Waals surface area contributed by atoms with Crippen LogP contribution in [0.3, 0.4) is 0 Å². The van der Waals surface area contributed by atoms with Crippen molar-refractivity contribution in [1.82, 2.24) is 15.2 Å². The highest BCUT2D eigenvalue weighted by Crippen LogP contribution is 2.21. The maximum Gasteiger partial charge on any atom is 0.226 e. The van der Waals surface area contributed by atoms with Gasteiger partial charge in [0.05, 0.1) is 6.54 Å². The van der Waals surface area contributed by atoms with Crippen molar-refractivity contribution < 1.29 is 4.79 Å². The maximum absolute atomic E-state index is 12.0. The van der Waals surface area contributed by atoms with Gasteiger partial charge in [-0.05, 0) is 49.6 Å². The molecule has 0 radical (unpaired) electrons. The Labute approximate surface area is 161 Å². The third kappa shape index (κ3) is 5.61. The van der Waals surface area contributed by atoms with E-state index in [0.29, 0.717) is 13.0 Å². The largest absolute Gasteiger partial charge is 0.357 e. The van der Waals surface area contributed by atoms with Crippen molar-refractivity contribution in [1.29, 1.82) is 0 Å². The summed E-state index contributed by atoms with van der Waals surface area (Å²) in [5.74, 6) is 1.05. The minimum Gasteiger partial charge on any atom is -0.357 e. The van der Waals surface area contributed by atoms with Crippen molar-refractivity contribution >= 4 is 17.6 Å². The number of carbonyl (C=O) groups excluding carboxylic acids is 1. The van der Waals surface area contributed by atoms with E-state index in [9.17, 15) is 4.79 Å². The van der Waals surface area contributed by atoms with Crippen molar-refractivity contribution in [3.05, 3.63) is 54.4 Å². The van der Waals surface area contributed by atoms with E-state index in [0.717, 1.165) is 56.2 Å². The van der Waals surface area contributed by atoms with Crippen LogP contribution in [0.1, 0.15) is 31.7 Å². The van der Waals surface area contributed by atoms with Crippen molar-refractivity contribution in [3.63, 3.8) is 0 Å². The third-order valence-corrected chi connectivity index (χ3v) is 4.66. The number of nitrogens with one attached hydrogen (secondary N) is 2. The van der Waals surface area contributed by atoms with Crippen molar-refractivity contribution in [2.24, 2.45) is 4.99 Å². The quantitative estimate of drug-likeness (QED) is 0.584. The SMILES string of the molecule is CCNC(=NCc1ccc(N2CCCCC2=O)cc1)NCCn1cccc1. The monoisotopic (exact) mass is 367 g/mol. The summed E-state index contributed by atoms with van der Waals surface area (Å²) < 4.78 is 2.14. The standard InChI is InChI=1S/C21H29N5O/c1-2-22-21(23-12-16-25-13-5-6-14-25)24-17-18-8-10-19(11-9-18)26-15-4-3-7-20(26)27/h5-6,8-11,13-14H,2-4,7,12,15-17H2,1H3,(H2,22,23,24). The summed E-state index contributed by atoms with van der Waals surface area (Å²) in [5.41, 5.74) is 2.12. The average molecular weight is 367 g/mol. The lowest BCUT2D eigenvalue weighted by molar-refractivity contribution is -0.119. The number of benzene rings is 1. The van der Waals surface area contributed by atoms with E-state index in [1.54, 1.807) is 0 Å². The van der Waals surface area contributed by atoms with Gasteiger partial charge in [-0.2, -0.15) is 0 Å². The van der Waals surface area contributed by atoms with Crippen molar-refractivity contribution in [2.75, 3.05) is 24.5 Å². The molecule has 3 rings (SSSR count). The molecule has 144 valence electrons. The van der Waals surface area contributed by atoms with Crippen molar-refractivity contribution in [2.45, 2.75) is 39.3 Å². The molecule has 1 aromatic carbocycles. The molecule has 2 N–H and O–H groups in total. The van der Waals surface area contributed by atoms with Crippen LogP contribution in [0.15, 0.2) is 53.8 Å². The molecule has 1 aliphatic rings. The van der Waals surface area contributed by atoms with E-state index in [4.69, 9.17) is 0 Å².